The van der Waals surface area contributed by atoms with E-state index in [-0.39, 0.29) is 0 Å². The van der Waals surface area contributed by atoms with E-state index in [1.54, 1.807) is 0 Å². The third-order valence-corrected chi connectivity index (χ3v) is 5.41. The summed E-state index contributed by atoms with van der Waals surface area (Å²) in [6.45, 7) is 0.813. The van der Waals surface area contributed by atoms with Gasteiger partial charge in [-0.2, -0.15) is 0 Å². The molecule has 1 heterocycles. The average Bonchev–Trinajstić information content (AvgIpc) is 3.18. The highest BCUT2D eigenvalue weighted by molar-refractivity contribution is 6.30. The Morgan fingerprint density at radius 2 is 1.39 bits per heavy atom. The zero-order chi connectivity index (χ0) is 19.2. The van der Waals surface area contributed by atoms with E-state index < -0.39 is 0 Å². The van der Waals surface area contributed by atoms with Crippen molar-refractivity contribution in [2.24, 2.45) is 0 Å². The second-order valence-electron chi connectivity index (χ2n) is 7.05. The van der Waals surface area contributed by atoms with Crippen molar-refractivity contribution in [1.82, 2.24) is 9.55 Å². The first-order valence-electron chi connectivity index (χ1n) is 9.63. The van der Waals surface area contributed by atoms with Gasteiger partial charge < -0.3 is 4.57 Å². The van der Waals surface area contributed by atoms with Gasteiger partial charge >= 0.3 is 0 Å². The molecule has 0 saturated carbocycles. The third kappa shape index (κ3) is 4.52. The lowest BCUT2D eigenvalue weighted by Crippen LogP contribution is -2.07. The molecule has 28 heavy (non-hydrogen) atoms. The van der Waals surface area contributed by atoms with Gasteiger partial charge in [0.2, 0.25) is 0 Å². The van der Waals surface area contributed by atoms with Gasteiger partial charge in [-0.3, -0.25) is 0 Å². The van der Waals surface area contributed by atoms with Crippen LogP contribution in [0.5, 0.6) is 0 Å². The summed E-state index contributed by atoms with van der Waals surface area (Å²) in [6.07, 6.45) is 5.93. The molecule has 3 aromatic carbocycles. The van der Waals surface area contributed by atoms with Crippen molar-refractivity contribution >= 4 is 11.6 Å². The standard InChI is InChI=1S/C25H23ClN2/c26-23-13-11-20(12-14-23)18-28-19-27-17-24(28)15-16-25(21-7-3-1-4-8-21)22-9-5-2-6-10-22/h1-14,17,19,25H,15-16,18H2. The molecule has 3 heteroatoms. The van der Waals surface area contributed by atoms with Crippen LogP contribution in [-0.2, 0) is 13.0 Å². The molecule has 0 aliphatic carbocycles. The molecular formula is C25H23ClN2. The van der Waals surface area contributed by atoms with Crippen LogP contribution in [0.15, 0.2) is 97.5 Å². The Morgan fingerprint density at radius 3 is 2.00 bits per heavy atom. The SMILES string of the molecule is Clc1ccc(Cn2cncc2CCC(c2ccccc2)c2ccccc2)cc1. The van der Waals surface area contributed by atoms with Crippen molar-refractivity contribution in [2.45, 2.75) is 25.3 Å². The number of rotatable bonds is 7. The van der Waals surface area contributed by atoms with E-state index in [0.717, 1.165) is 24.4 Å². The molecule has 0 N–H and O–H groups in total. The molecular weight excluding hydrogens is 364 g/mol. The number of nitrogens with zero attached hydrogens (tertiary/aromatic N) is 2. The second-order valence-corrected chi connectivity index (χ2v) is 7.49. The molecule has 0 aliphatic heterocycles. The quantitative estimate of drug-likeness (QED) is 0.362. The molecule has 0 bridgehead atoms. The first kappa shape index (κ1) is 18.5. The van der Waals surface area contributed by atoms with Crippen LogP contribution in [0.1, 0.15) is 34.7 Å². The summed E-state index contributed by atoms with van der Waals surface area (Å²) >= 11 is 6.01. The third-order valence-electron chi connectivity index (χ3n) is 5.16. The van der Waals surface area contributed by atoms with Crippen LogP contribution in [-0.4, -0.2) is 9.55 Å². The lowest BCUT2D eigenvalue weighted by molar-refractivity contribution is 0.662. The summed E-state index contributed by atoms with van der Waals surface area (Å²) in [5.41, 5.74) is 5.20. The van der Waals surface area contributed by atoms with Crippen LogP contribution in [0.3, 0.4) is 0 Å². The summed E-state index contributed by atoms with van der Waals surface area (Å²) in [7, 11) is 0. The Labute approximate surface area is 171 Å². The van der Waals surface area contributed by atoms with E-state index in [0.29, 0.717) is 5.92 Å². The van der Waals surface area contributed by atoms with E-state index >= 15 is 0 Å². The lowest BCUT2D eigenvalue weighted by Gasteiger charge is -2.18. The van der Waals surface area contributed by atoms with Gasteiger partial charge in [0.05, 0.1) is 6.33 Å². The number of hydrogen-bond donors (Lipinski definition) is 0. The predicted octanol–water partition coefficient (Wildman–Crippen LogP) is 6.35. The Balaban J connectivity index is 1.52. The predicted molar refractivity (Wildman–Crippen MR) is 116 cm³/mol. The van der Waals surface area contributed by atoms with E-state index in [4.69, 9.17) is 11.6 Å². The topological polar surface area (TPSA) is 17.8 Å². The summed E-state index contributed by atoms with van der Waals surface area (Å²) < 4.78 is 2.23. The highest BCUT2D eigenvalue weighted by Crippen LogP contribution is 2.29. The number of halogens is 1. The van der Waals surface area contributed by atoms with Gasteiger partial charge in [-0.25, -0.2) is 4.98 Å². The second kappa shape index (κ2) is 8.90. The normalized spacial score (nSPS) is 11.1. The van der Waals surface area contributed by atoms with Crippen molar-refractivity contribution in [3.63, 3.8) is 0 Å². The minimum atomic E-state index is 0.376. The molecule has 0 atom stereocenters. The van der Waals surface area contributed by atoms with Gasteiger partial charge in [0.25, 0.3) is 0 Å². The largest absolute Gasteiger partial charge is 0.330 e. The summed E-state index contributed by atoms with van der Waals surface area (Å²) in [5, 5.41) is 0.767. The lowest BCUT2D eigenvalue weighted by atomic mass is 9.87. The van der Waals surface area contributed by atoms with Crippen molar-refractivity contribution in [1.29, 1.82) is 0 Å². The monoisotopic (exact) mass is 386 g/mol. The van der Waals surface area contributed by atoms with Crippen molar-refractivity contribution in [3.8, 4) is 0 Å². The summed E-state index contributed by atoms with van der Waals surface area (Å²) in [6, 6.07) is 29.6. The van der Waals surface area contributed by atoms with E-state index in [1.807, 2.05) is 24.7 Å². The maximum atomic E-state index is 6.01. The molecule has 0 fully saturated rings. The molecule has 140 valence electrons. The van der Waals surface area contributed by atoms with Crippen LogP contribution in [0.4, 0.5) is 0 Å². The summed E-state index contributed by atoms with van der Waals surface area (Å²) in [4.78, 5) is 4.40. The Bertz CT molecular complexity index is 952. The molecule has 1 aromatic heterocycles. The molecule has 2 nitrogen and oxygen atoms in total. The van der Waals surface area contributed by atoms with Crippen molar-refractivity contribution in [3.05, 3.63) is 125 Å². The number of aromatic nitrogens is 2. The molecule has 4 aromatic rings. The van der Waals surface area contributed by atoms with Gasteiger partial charge in [0.1, 0.15) is 0 Å². The van der Waals surface area contributed by atoms with Crippen molar-refractivity contribution < 1.29 is 0 Å². The number of aryl methyl sites for hydroxylation is 1. The van der Waals surface area contributed by atoms with E-state index in [2.05, 4.69) is 82.3 Å². The molecule has 0 unspecified atom stereocenters. The number of benzene rings is 3. The Morgan fingerprint density at radius 1 is 0.786 bits per heavy atom. The maximum absolute atomic E-state index is 6.01. The Hall–Kier alpha value is -2.84. The fourth-order valence-corrected chi connectivity index (χ4v) is 3.80. The van der Waals surface area contributed by atoms with Gasteiger partial charge in [-0.05, 0) is 41.7 Å². The number of imidazole rings is 1. The molecule has 0 amide bonds. The van der Waals surface area contributed by atoms with Crippen LogP contribution >= 0.6 is 11.6 Å². The fraction of sp³-hybridized carbons (Fsp3) is 0.160. The molecule has 0 spiro atoms. The number of hydrogen-bond acceptors (Lipinski definition) is 1. The molecule has 4 rings (SSSR count). The van der Waals surface area contributed by atoms with Gasteiger partial charge in [-0.1, -0.05) is 84.4 Å². The van der Waals surface area contributed by atoms with Crippen LogP contribution in [0.2, 0.25) is 5.02 Å². The zero-order valence-corrected chi connectivity index (χ0v) is 16.5. The Kier molecular flexibility index (Phi) is 5.89. The van der Waals surface area contributed by atoms with Crippen LogP contribution < -0.4 is 0 Å². The highest BCUT2D eigenvalue weighted by atomic mass is 35.5. The maximum Gasteiger partial charge on any atom is 0.0951 e. The highest BCUT2D eigenvalue weighted by Gasteiger charge is 2.15. The summed E-state index contributed by atoms with van der Waals surface area (Å²) in [5.74, 6) is 0.376. The minimum Gasteiger partial charge on any atom is -0.330 e. The first-order valence-corrected chi connectivity index (χ1v) is 10.0. The first-order chi connectivity index (χ1) is 13.8. The average molecular weight is 387 g/mol. The molecule has 0 aliphatic rings. The van der Waals surface area contributed by atoms with E-state index in [9.17, 15) is 0 Å². The van der Waals surface area contributed by atoms with Gasteiger partial charge in [-0.15, -0.1) is 0 Å². The van der Waals surface area contributed by atoms with Crippen molar-refractivity contribution in [2.75, 3.05) is 0 Å². The van der Waals surface area contributed by atoms with Crippen LogP contribution in [0.25, 0.3) is 0 Å². The minimum absolute atomic E-state index is 0.376. The molecule has 0 radical (unpaired) electrons. The van der Waals surface area contributed by atoms with Crippen LogP contribution in [0, 0.1) is 0 Å². The zero-order valence-electron chi connectivity index (χ0n) is 15.7. The van der Waals surface area contributed by atoms with E-state index in [1.165, 1.54) is 22.4 Å². The fourth-order valence-electron chi connectivity index (χ4n) is 3.67. The van der Waals surface area contributed by atoms with Gasteiger partial charge in [0, 0.05) is 29.4 Å². The van der Waals surface area contributed by atoms with Gasteiger partial charge in [0.15, 0.2) is 0 Å². The smallest absolute Gasteiger partial charge is 0.0951 e. The molecule has 0 saturated heterocycles.